The van der Waals surface area contributed by atoms with E-state index in [0.717, 1.165) is 18.7 Å². The summed E-state index contributed by atoms with van der Waals surface area (Å²) in [4.78, 5) is 17.8. The van der Waals surface area contributed by atoms with Crippen LogP contribution in [0.5, 0.6) is 0 Å². The molecule has 7 heteroatoms. The number of anilines is 1. The highest BCUT2D eigenvalue weighted by atomic mass is 16.3. The van der Waals surface area contributed by atoms with Crippen molar-refractivity contribution >= 4 is 12.0 Å². The third-order valence-corrected chi connectivity index (χ3v) is 3.26. The Morgan fingerprint density at radius 2 is 2.39 bits per heavy atom. The minimum Gasteiger partial charge on any atom is -0.396 e. The summed E-state index contributed by atoms with van der Waals surface area (Å²) in [7, 11) is 1.78. The molecule has 100 valence electrons. The fourth-order valence-corrected chi connectivity index (χ4v) is 2.09. The van der Waals surface area contributed by atoms with Crippen molar-refractivity contribution in [3.63, 3.8) is 0 Å². The van der Waals surface area contributed by atoms with Crippen molar-refractivity contribution in [3.8, 4) is 0 Å². The molecule has 2 heterocycles. The number of nitrogens with one attached hydrogen (secondary N) is 1. The first-order valence-corrected chi connectivity index (χ1v) is 6.14. The van der Waals surface area contributed by atoms with E-state index in [1.54, 1.807) is 16.6 Å². The van der Waals surface area contributed by atoms with Gasteiger partial charge in [0.1, 0.15) is 5.82 Å². The number of rotatable bonds is 2. The van der Waals surface area contributed by atoms with Crippen LogP contribution in [0.2, 0.25) is 0 Å². The Morgan fingerprint density at radius 1 is 1.61 bits per heavy atom. The van der Waals surface area contributed by atoms with Gasteiger partial charge in [0.25, 0.3) is 0 Å². The molecule has 2 amide bonds. The van der Waals surface area contributed by atoms with Crippen LogP contribution in [0.3, 0.4) is 0 Å². The van der Waals surface area contributed by atoms with E-state index in [0.29, 0.717) is 19.0 Å². The van der Waals surface area contributed by atoms with Gasteiger partial charge in [0, 0.05) is 26.7 Å². The number of aromatic nitrogens is 3. The lowest BCUT2D eigenvalue weighted by molar-refractivity contribution is 0.136. The van der Waals surface area contributed by atoms with Crippen LogP contribution in [0, 0.1) is 12.8 Å². The standard InChI is InChI=1S/C11H19N5O2/c1-8-12-10(14-15(8)2)13-11(18)16-5-3-4-9(6-16)7-17/h9,17H,3-7H2,1-2H3,(H,13,14,18)/t9-/m0/s1. The molecule has 0 saturated carbocycles. The third kappa shape index (κ3) is 2.79. The van der Waals surface area contributed by atoms with E-state index in [2.05, 4.69) is 15.4 Å². The minimum atomic E-state index is -0.196. The molecule has 1 aliphatic rings. The predicted molar refractivity (Wildman–Crippen MR) is 66.1 cm³/mol. The molecule has 1 saturated heterocycles. The van der Waals surface area contributed by atoms with Crippen molar-refractivity contribution in [3.05, 3.63) is 5.82 Å². The van der Waals surface area contributed by atoms with Gasteiger partial charge in [-0.2, -0.15) is 4.98 Å². The summed E-state index contributed by atoms with van der Waals surface area (Å²) in [6, 6.07) is -0.196. The number of carbonyl (C=O) groups is 1. The van der Waals surface area contributed by atoms with Crippen LogP contribution in [-0.4, -0.2) is 50.5 Å². The number of aliphatic hydroxyl groups excluding tert-OH is 1. The normalized spacial score (nSPS) is 19.9. The molecule has 1 aliphatic heterocycles. The van der Waals surface area contributed by atoms with E-state index in [9.17, 15) is 4.79 Å². The van der Waals surface area contributed by atoms with Gasteiger partial charge in [-0.05, 0) is 25.7 Å². The Hall–Kier alpha value is -1.63. The lowest BCUT2D eigenvalue weighted by Crippen LogP contribution is -2.43. The zero-order chi connectivity index (χ0) is 13.1. The van der Waals surface area contributed by atoms with Gasteiger partial charge >= 0.3 is 6.03 Å². The maximum absolute atomic E-state index is 12.0. The zero-order valence-electron chi connectivity index (χ0n) is 10.8. The second-order valence-electron chi connectivity index (χ2n) is 4.67. The molecule has 2 N–H and O–H groups in total. The fourth-order valence-electron chi connectivity index (χ4n) is 2.09. The van der Waals surface area contributed by atoms with Crippen LogP contribution in [0.25, 0.3) is 0 Å². The van der Waals surface area contributed by atoms with E-state index in [1.165, 1.54) is 0 Å². The molecule has 7 nitrogen and oxygen atoms in total. The molecular formula is C11H19N5O2. The van der Waals surface area contributed by atoms with Gasteiger partial charge in [0.15, 0.2) is 0 Å². The van der Waals surface area contributed by atoms with Gasteiger partial charge in [-0.3, -0.25) is 10.00 Å². The molecule has 1 aromatic heterocycles. The molecule has 0 aromatic carbocycles. The van der Waals surface area contributed by atoms with Crippen molar-refractivity contribution in [2.24, 2.45) is 13.0 Å². The highest BCUT2D eigenvalue weighted by molar-refractivity contribution is 5.87. The fraction of sp³-hybridized carbons (Fsp3) is 0.727. The smallest absolute Gasteiger partial charge is 0.324 e. The molecule has 0 aliphatic carbocycles. The summed E-state index contributed by atoms with van der Waals surface area (Å²) in [6.45, 7) is 3.26. The number of aliphatic hydroxyl groups is 1. The quantitative estimate of drug-likeness (QED) is 0.797. The maximum Gasteiger partial charge on any atom is 0.324 e. The van der Waals surface area contributed by atoms with Crippen LogP contribution in [0.15, 0.2) is 0 Å². The SMILES string of the molecule is Cc1nc(NC(=O)N2CCC[C@H](CO)C2)nn1C. The van der Waals surface area contributed by atoms with Gasteiger partial charge in [0.2, 0.25) is 5.95 Å². The molecule has 18 heavy (non-hydrogen) atoms. The summed E-state index contributed by atoms with van der Waals surface area (Å²) in [5.41, 5.74) is 0. The number of amides is 2. The number of nitrogens with zero attached hydrogens (tertiary/aromatic N) is 4. The molecule has 0 radical (unpaired) electrons. The van der Waals surface area contributed by atoms with E-state index < -0.39 is 0 Å². The van der Waals surface area contributed by atoms with Gasteiger partial charge in [-0.15, -0.1) is 5.10 Å². The van der Waals surface area contributed by atoms with Crippen LogP contribution in [0.4, 0.5) is 10.7 Å². The van der Waals surface area contributed by atoms with E-state index in [-0.39, 0.29) is 18.6 Å². The lowest BCUT2D eigenvalue weighted by Gasteiger charge is -2.31. The zero-order valence-corrected chi connectivity index (χ0v) is 10.8. The molecule has 0 bridgehead atoms. The highest BCUT2D eigenvalue weighted by Gasteiger charge is 2.23. The summed E-state index contributed by atoms with van der Waals surface area (Å²) in [6.07, 6.45) is 1.90. The molecule has 0 spiro atoms. The average Bonchev–Trinajstić information content (AvgIpc) is 2.68. The summed E-state index contributed by atoms with van der Waals surface area (Å²) in [5, 5.41) is 15.9. The van der Waals surface area contributed by atoms with Crippen LogP contribution in [-0.2, 0) is 7.05 Å². The number of aryl methyl sites for hydroxylation is 2. The molecule has 1 aromatic rings. The monoisotopic (exact) mass is 253 g/mol. The van der Waals surface area contributed by atoms with Gasteiger partial charge in [-0.1, -0.05) is 0 Å². The Morgan fingerprint density at radius 3 is 3.00 bits per heavy atom. The van der Waals surface area contributed by atoms with Gasteiger partial charge in [-0.25, -0.2) is 4.79 Å². The largest absolute Gasteiger partial charge is 0.396 e. The molecule has 2 rings (SSSR count). The topological polar surface area (TPSA) is 83.3 Å². The first-order chi connectivity index (χ1) is 8.60. The van der Waals surface area contributed by atoms with Gasteiger partial charge in [0.05, 0.1) is 0 Å². The highest BCUT2D eigenvalue weighted by Crippen LogP contribution is 2.16. The third-order valence-electron chi connectivity index (χ3n) is 3.26. The summed E-state index contributed by atoms with van der Waals surface area (Å²) in [5.74, 6) is 1.26. The molecule has 1 fully saturated rings. The van der Waals surface area contributed by atoms with E-state index >= 15 is 0 Å². The first-order valence-electron chi connectivity index (χ1n) is 6.14. The number of urea groups is 1. The van der Waals surface area contributed by atoms with Crippen LogP contribution < -0.4 is 5.32 Å². The van der Waals surface area contributed by atoms with Crippen molar-refractivity contribution in [1.29, 1.82) is 0 Å². The van der Waals surface area contributed by atoms with Crippen molar-refractivity contribution in [2.75, 3.05) is 25.0 Å². The lowest BCUT2D eigenvalue weighted by atomic mass is 9.99. The van der Waals surface area contributed by atoms with Crippen LogP contribution >= 0.6 is 0 Å². The van der Waals surface area contributed by atoms with E-state index in [4.69, 9.17) is 5.11 Å². The Balaban J connectivity index is 1.95. The first kappa shape index (κ1) is 12.8. The number of piperidine rings is 1. The molecular weight excluding hydrogens is 234 g/mol. The predicted octanol–water partition coefficient (Wildman–Crippen LogP) is 0.360. The van der Waals surface area contributed by atoms with Crippen molar-refractivity contribution < 1.29 is 9.90 Å². The number of hydrogen-bond donors (Lipinski definition) is 2. The van der Waals surface area contributed by atoms with Crippen molar-refractivity contribution in [1.82, 2.24) is 19.7 Å². The molecule has 1 atom stereocenters. The maximum atomic E-state index is 12.0. The van der Waals surface area contributed by atoms with Gasteiger partial charge < -0.3 is 10.0 Å². The molecule has 0 unspecified atom stereocenters. The Kier molecular flexibility index (Phi) is 3.81. The second kappa shape index (κ2) is 5.34. The van der Waals surface area contributed by atoms with E-state index in [1.807, 2.05) is 6.92 Å². The summed E-state index contributed by atoms with van der Waals surface area (Å²) >= 11 is 0. The van der Waals surface area contributed by atoms with Crippen molar-refractivity contribution in [2.45, 2.75) is 19.8 Å². The average molecular weight is 253 g/mol. The second-order valence-corrected chi connectivity index (χ2v) is 4.67. The van der Waals surface area contributed by atoms with Crippen LogP contribution in [0.1, 0.15) is 18.7 Å². The Bertz CT molecular complexity index is 412. The summed E-state index contributed by atoms with van der Waals surface area (Å²) < 4.78 is 1.61. The minimum absolute atomic E-state index is 0.130. The number of hydrogen-bond acceptors (Lipinski definition) is 4. The number of carbonyl (C=O) groups excluding carboxylic acids is 1. The number of likely N-dealkylation sites (tertiary alicyclic amines) is 1. The Labute approximate surface area is 106 Å².